The van der Waals surface area contributed by atoms with Gasteiger partial charge in [0, 0.05) is 12.5 Å². The average molecular weight is 331 g/mol. The molecule has 7 heteroatoms. The molecule has 1 aromatic carbocycles. The smallest absolute Gasteiger partial charge is 0.235 e. The van der Waals surface area contributed by atoms with Gasteiger partial charge in [-0.15, -0.1) is 0 Å². The predicted molar refractivity (Wildman–Crippen MR) is 85.3 cm³/mol. The van der Waals surface area contributed by atoms with Gasteiger partial charge < -0.3 is 5.32 Å². The van der Waals surface area contributed by atoms with Crippen LogP contribution < -0.4 is 9.62 Å². The molecule has 5 nitrogen and oxygen atoms in total. The molecular formula is C14H19ClN2O3S. The molecule has 2 rings (SSSR count). The Morgan fingerprint density at radius 3 is 2.76 bits per heavy atom. The summed E-state index contributed by atoms with van der Waals surface area (Å²) in [5, 5.41) is 3.16. The Labute approximate surface area is 130 Å². The van der Waals surface area contributed by atoms with E-state index in [4.69, 9.17) is 11.6 Å². The Balaban J connectivity index is 2.28. The largest absolute Gasteiger partial charge is 0.324 e. The molecule has 1 aliphatic rings. The second-order valence-corrected chi connectivity index (χ2v) is 7.62. The quantitative estimate of drug-likeness (QED) is 0.923. The summed E-state index contributed by atoms with van der Waals surface area (Å²) in [6.07, 6.45) is 1.34. The van der Waals surface area contributed by atoms with Crippen LogP contribution in [0.3, 0.4) is 0 Å². The number of halogens is 1. The molecule has 0 aliphatic carbocycles. The van der Waals surface area contributed by atoms with E-state index in [0.717, 1.165) is 6.42 Å². The lowest BCUT2D eigenvalue weighted by atomic mass is 10.1. The van der Waals surface area contributed by atoms with Gasteiger partial charge in [-0.2, -0.15) is 0 Å². The zero-order chi connectivity index (χ0) is 15.6. The minimum Gasteiger partial charge on any atom is -0.324 e. The fourth-order valence-corrected chi connectivity index (χ4v) is 3.86. The average Bonchev–Trinajstić information content (AvgIpc) is 2.79. The molecule has 1 atom stereocenters. The molecule has 0 spiro atoms. The van der Waals surface area contributed by atoms with Crippen LogP contribution in [-0.2, 0) is 14.8 Å². The Kier molecular flexibility index (Phi) is 4.78. The van der Waals surface area contributed by atoms with Crippen LogP contribution in [-0.4, -0.2) is 26.6 Å². The van der Waals surface area contributed by atoms with Crippen molar-refractivity contribution in [1.29, 1.82) is 0 Å². The Morgan fingerprint density at radius 2 is 2.19 bits per heavy atom. The fraction of sp³-hybridized carbons (Fsp3) is 0.500. The number of benzene rings is 1. The van der Waals surface area contributed by atoms with E-state index in [-0.39, 0.29) is 17.6 Å². The van der Waals surface area contributed by atoms with Gasteiger partial charge in [0.15, 0.2) is 0 Å². The van der Waals surface area contributed by atoms with E-state index in [0.29, 0.717) is 29.4 Å². The highest BCUT2D eigenvalue weighted by Gasteiger charge is 2.28. The van der Waals surface area contributed by atoms with E-state index in [2.05, 4.69) is 5.32 Å². The number of sulfonamides is 1. The van der Waals surface area contributed by atoms with Gasteiger partial charge in [-0.1, -0.05) is 25.4 Å². The molecule has 1 aliphatic heterocycles. The molecule has 1 saturated heterocycles. The lowest BCUT2D eigenvalue weighted by Gasteiger charge is -2.19. The number of hydrogen-bond donors (Lipinski definition) is 1. The molecule has 1 amide bonds. The van der Waals surface area contributed by atoms with Crippen LogP contribution in [0.1, 0.15) is 26.7 Å². The SMILES string of the molecule is CCC(C)C(=O)Nc1cc(N2CCCS2(=O)=O)ccc1Cl. The summed E-state index contributed by atoms with van der Waals surface area (Å²) >= 11 is 6.08. The first-order chi connectivity index (χ1) is 9.85. The van der Waals surface area contributed by atoms with Crippen LogP contribution >= 0.6 is 11.6 Å². The maximum Gasteiger partial charge on any atom is 0.235 e. The number of anilines is 2. The zero-order valence-electron chi connectivity index (χ0n) is 12.1. The first kappa shape index (κ1) is 16.1. The number of carbonyl (C=O) groups is 1. The van der Waals surface area contributed by atoms with Crippen molar-refractivity contribution in [3.8, 4) is 0 Å². The minimum absolute atomic E-state index is 0.124. The molecule has 0 bridgehead atoms. The summed E-state index contributed by atoms with van der Waals surface area (Å²) in [6.45, 7) is 4.22. The molecule has 1 heterocycles. The van der Waals surface area contributed by atoms with Gasteiger partial charge in [-0.05, 0) is 31.0 Å². The van der Waals surface area contributed by atoms with Crippen molar-refractivity contribution < 1.29 is 13.2 Å². The lowest BCUT2D eigenvalue weighted by molar-refractivity contribution is -0.119. The number of nitrogens with one attached hydrogen (secondary N) is 1. The minimum atomic E-state index is -3.24. The molecule has 0 radical (unpaired) electrons. The number of amides is 1. The Bertz CT molecular complexity index is 646. The van der Waals surface area contributed by atoms with Crippen molar-refractivity contribution in [2.75, 3.05) is 21.9 Å². The van der Waals surface area contributed by atoms with E-state index in [1.54, 1.807) is 18.2 Å². The van der Waals surface area contributed by atoms with Crippen molar-refractivity contribution in [3.63, 3.8) is 0 Å². The summed E-state index contributed by atoms with van der Waals surface area (Å²) in [5.74, 6) is -0.0921. The molecule has 1 unspecified atom stereocenters. The highest BCUT2D eigenvalue weighted by Crippen LogP contribution is 2.31. The van der Waals surface area contributed by atoms with Crippen molar-refractivity contribution in [1.82, 2.24) is 0 Å². The second-order valence-electron chi connectivity index (χ2n) is 5.20. The molecule has 1 N–H and O–H groups in total. The van der Waals surface area contributed by atoms with Crippen molar-refractivity contribution in [2.24, 2.45) is 5.92 Å². The van der Waals surface area contributed by atoms with Crippen LogP contribution in [0.2, 0.25) is 5.02 Å². The summed E-state index contributed by atoms with van der Waals surface area (Å²) in [6, 6.07) is 4.88. The molecule has 1 aromatic rings. The predicted octanol–water partition coefficient (Wildman–Crippen LogP) is 2.86. The van der Waals surface area contributed by atoms with Gasteiger partial charge in [0.05, 0.1) is 22.2 Å². The van der Waals surface area contributed by atoms with Crippen molar-refractivity contribution in [2.45, 2.75) is 26.7 Å². The Hall–Kier alpha value is -1.27. The number of nitrogens with zero attached hydrogens (tertiary/aromatic N) is 1. The third-order valence-electron chi connectivity index (χ3n) is 3.66. The maximum atomic E-state index is 12.0. The van der Waals surface area contributed by atoms with E-state index >= 15 is 0 Å². The van der Waals surface area contributed by atoms with Crippen molar-refractivity contribution >= 4 is 38.9 Å². The van der Waals surface area contributed by atoms with Gasteiger partial charge in [0.25, 0.3) is 0 Å². The van der Waals surface area contributed by atoms with Gasteiger partial charge in [0.1, 0.15) is 0 Å². The topological polar surface area (TPSA) is 66.5 Å². The first-order valence-electron chi connectivity index (χ1n) is 6.96. The van der Waals surface area contributed by atoms with Crippen LogP contribution in [0.25, 0.3) is 0 Å². The number of rotatable bonds is 4. The van der Waals surface area contributed by atoms with Crippen LogP contribution in [0, 0.1) is 5.92 Å². The molecule has 1 fully saturated rings. The van der Waals surface area contributed by atoms with E-state index in [9.17, 15) is 13.2 Å². The maximum absolute atomic E-state index is 12.0. The highest BCUT2D eigenvalue weighted by molar-refractivity contribution is 7.93. The van der Waals surface area contributed by atoms with Crippen molar-refractivity contribution in [3.05, 3.63) is 23.2 Å². The first-order valence-corrected chi connectivity index (χ1v) is 8.94. The standard InChI is InChI=1S/C14H19ClN2O3S/c1-3-10(2)14(18)16-13-9-11(5-6-12(13)15)17-7-4-8-21(17,19)20/h5-6,9-10H,3-4,7-8H2,1-2H3,(H,16,18). The monoisotopic (exact) mass is 330 g/mol. The summed E-state index contributed by atoms with van der Waals surface area (Å²) in [5.41, 5.74) is 0.984. The van der Waals surface area contributed by atoms with Crippen LogP contribution in [0.15, 0.2) is 18.2 Å². The molecule has 0 saturated carbocycles. The van der Waals surface area contributed by atoms with Gasteiger partial charge in [0.2, 0.25) is 15.9 Å². The second kappa shape index (κ2) is 6.23. The molecule has 0 aromatic heterocycles. The number of carbonyl (C=O) groups excluding carboxylic acids is 1. The van der Waals surface area contributed by atoms with E-state index < -0.39 is 10.0 Å². The van der Waals surface area contributed by atoms with Gasteiger partial charge >= 0.3 is 0 Å². The van der Waals surface area contributed by atoms with Crippen LogP contribution in [0.5, 0.6) is 0 Å². The summed E-state index contributed by atoms with van der Waals surface area (Å²) in [7, 11) is -3.24. The summed E-state index contributed by atoms with van der Waals surface area (Å²) < 4.78 is 25.2. The fourth-order valence-electron chi connectivity index (χ4n) is 2.14. The molecule has 116 valence electrons. The third-order valence-corrected chi connectivity index (χ3v) is 5.85. The molecule has 21 heavy (non-hydrogen) atoms. The molecular weight excluding hydrogens is 312 g/mol. The van der Waals surface area contributed by atoms with Gasteiger partial charge in [-0.25, -0.2) is 8.42 Å². The summed E-state index contributed by atoms with van der Waals surface area (Å²) in [4.78, 5) is 12.0. The lowest BCUT2D eigenvalue weighted by Crippen LogP contribution is -2.25. The van der Waals surface area contributed by atoms with E-state index in [1.165, 1.54) is 4.31 Å². The Morgan fingerprint density at radius 1 is 1.48 bits per heavy atom. The van der Waals surface area contributed by atoms with Gasteiger partial charge in [-0.3, -0.25) is 9.10 Å². The number of hydrogen-bond acceptors (Lipinski definition) is 3. The van der Waals surface area contributed by atoms with E-state index in [1.807, 2.05) is 13.8 Å². The zero-order valence-corrected chi connectivity index (χ0v) is 13.7. The van der Waals surface area contributed by atoms with Crippen LogP contribution in [0.4, 0.5) is 11.4 Å². The normalized spacial score (nSPS) is 18.5. The third kappa shape index (κ3) is 3.49. The highest BCUT2D eigenvalue weighted by atomic mass is 35.5.